The van der Waals surface area contributed by atoms with Gasteiger partial charge in [0.05, 0.1) is 6.04 Å². The van der Waals surface area contributed by atoms with E-state index in [2.05, 4.69) is 15.6 Å². The number of halogens is 2. The van der Waals surface area contributed by atoms with E-state index >= 15 is 0 Å². The van der Waals surface area contributed by atoms with Gasteiger partial charge in [0.2, 0.25) is 5.91 Å². The van der Waals surface area contributed by atoms with Crippen molar-refractivity contribution in [2.75, 3.05) is 20.6 Å². The molecule has 6 nitrogen and oxygen atoms in total. The summed E-state index contributed by atoms with van der Waals surface area (Å²) in [5.41, 5.74) is 0.434. The van der Waals surface area contributed by atoms with Crippen LogP contribution in [0.15, 0.2) is 23.2 Å². The summed E-state index contributed by atoms with van der Waals surface area (Å²) in [6, 6.07) is 4.62. The van der Waals surface area contributed by atoms with E-state index in [1.807, 2.05) is 27.7 Å². The summed E-state index contributed by atoms with van der Waals surface area (Å²) in [7, 11) is 3.40. The van der Waals surface area contributed by atoms with E-state index in [-0.39, 0.29) is 54.3 Å². The van der Waals surface area contributed by atoms with Gasteiger partial charge < -0.3 is 20.3 Å². The van der Waals surface area contributed by atoms with Gasteiger partial charge in [-0.25, -0.2) is 9.38 Å². The Hall–Kier alpha value is -1.58. The van der Waals surface area contributed by atoms with E-state index in [0.29, 0.717) is 18.1 Å². The fourth-order valence-electron chi connectivity index (χ4n) is 2.81. The number of nitrogens with zero attached hydrogens (tertiary/aromatic N) is 2. The standard InChI is InChI=1S/C19H29FN4O2.HI/c1-12(2)22-18(21-11-17(25)24(5)6)23-15-10-19(3,4)26-16-9-13(20)7-8-14(15)16;/h7-9,12,15H,10-11H2,1-6H3,(H2,21,22,23);1H. The molecule has 1 atom stereocenters. The first-order valence-corrected chi connectivity index (χ1v) is 8.83. The third kappa shape index (κ3) is 6.82. The molecule has 2 rings (SSSR count). The van der Waals surface area contributed by atoms with Gasteiger partial charge in [0.25, 0.3) is 0 Å². The highest BCUT2D eigenvalue weighted by molar-refractivity contribution is 14.0. The third-order valence-corrected chi connectivity index (χ3v) is 4.04. The number of guanidine groups is 1. The van der Waals surface area contributed by atoms with Gasteiger partial charge in [0.15, 0.2) is 5.96 Å². The number of carbonyl (C=O) groups is 1. The third-order valence-electron chi connectivity index (χ3n) is 4.04. The summed E-state index contributed by atoms with van der Waals surface area (Å²) in [5, 5.41) is 6.62. The number of amides is 1. The van der Waals surface area contributed by atoms with Crippen LogP contribution in [-0.2, 0) is 4.79 Å². The molecule has 1 unspecified atom stereocenters. The van der Waals surface area contributed by atoms with Gasteiger partial charge in [0, 0.05) is 38.2 Å². The van der Waals surface area contributed by atoms with Gasteiger partial charge in [-0.3, -0.25) is 4.79 Å². The molecule has 0 radical (unpaired) electrons. The Labute approximate surface area is 178 Å². The smallest absolute Gasteiger partial charge is 0.243 e. The number of ether oxygens (including phenoxy) is 1. The van der Waals surface area contributed by atoms with Crippen LogP contribution in [0.2, 0.25) is 0 Å². The maximum atomic E-state index is 13.6. The first-order valence-electron chi connectivity index (χ1n) is 8.83. The molecule has 0 aromatic heterocycles. The van der Waals surface area contributed by atoms with Crippen molar-refractivity contribution in [2.24, 2.45) is 4.99 Å². The Morgan fingerprint density at radius 3 is 2.67 bits per heavy atom. The molecule has 152 valence electrons. The van der Waals surface area contributed by atoms with E-state index in [9.17, 15) is 9.18 Å². The summed E-state index contributed by atoms with van der Waals surface area (Å²) in [6.45, 7) is 8.00. The van der Waals surface area contributed by atoms with E-state index in [1.165, 1.54) is 17.0 Å². The lowest BCUT2D eigenvalue weighted by Gasteiger charge is -2.38. The summed E-state index contributed by atoms with van der Waals surface area (Å²) >= 11 is 0. The van der Waals surface area contributed by atoms with E-state index in [0.717, 1.165) is 5.56 Å². The Morgan fingerprint density at radius 2 is 2.07 bits per heavy atom. The molecule has 0 spiro atoms. The summed E-state index contributed by atoms with van der Waals surface area (Å²) < 4.78 is 19.5. The normalized spacial score (nSPS) is 18.1. The fourth-order valence-corrected chi connectivity index (χ4v) is 2.81. The van der Waals surface area contributed by atoms with E-state index in [1.54, 1.807) is 20.2 Å². The van der Waals surface area contributed by atoms with Crippen molar-refractivity contribution in [3.05, 3.63) is 29.6 Å². The lowest BCUT2D eigenvalue weighted by molar-refractivity contribution is -0.127. The number of hydrogen-bond donors (Lipinski definition) is 2. The largest absolute Gasteiger partial charge is 0.487 e. The number of hydrogen-bond acceptors (Lipinski definition) is 3. The van der Waals surface area contributed by atoms with Crippen LogP contribution in [0.1, 0.15) is 45.7 Å². The molecular weight excluding hydrogens is 462 g/mol. The molecule has 0 fully saturated rings. The maximum absolute atomic E-state index is 13.6. The molecule has 1 aliphatic heterocycles. The zero-order chi connectivity index (χ0) is 19.5. The molecule has 1 aliphatic rings. The molecule has 2 N–H and O–H groups in total. The van der Waals surface area contributed by atoms with Crippen molar-refractivity contribution < 1.29 is 13.9 Å². The Morgan fingerprint density at radius 1 is 1.41 bits per heavy atom. The summed E-state index contributed by atoms with van der Waals surface area (Å²) in [4.78, 5) is 17.8. The number of nitrogens with one attached hydrogen (secondary N) is 2. The molecule has 1 heterocycles. The number of aliphatic imine (C=N–C) groups is 1. The predicted octanol–water partition coefficient (Wildman–Crippen LogP) is 3.08. The monoisotopic (exact) mass is 492 g/mol. The predicted molar refractivity (Wildman–Crippen MR) is 116 cm³/mol. The molecule has 27 heavy (non-hydrogen) atoms. The van der Waals surface area contributed by atoms with Crippen molar-refractivity contribution in [3.63, 3.8) is 0 Å². The van der Waals surface area contributed by atoms with Crippen LogP contribution in [0.4, 0.5) is 4.39 Å². The highest BCUT2D eigenvalue weighted by Gasteiger charge is 2.34. The molecular formula is C19H30FIN4O2. The van der Waals surface area contributed by atoms with Gasteiger partial charge in [-0.15, -0.1) is 24.0 Å². The lowest BCUT2D eigenvalue weighted by Crippen LogP contribution is -2.47. The van der Waals surface area contributed by atoms with Crippen molar-refractivity contribution in [2.45, 2.75) is 51.8 Å². The SMILES string of the molecule is CC(C)NC(=NCC(=O)N(C)C)NC1CC(C)(C)Oc2cc(F)ccc21.I. The topological polar surface area (TPSA) is 66.0 Å². The minimum atomic E-state index is -0.444. The van der Waals surface area contributed by atoms with Gasteiger partial charge in [-0.1, -0.05) is 6.07 Å². The van der Waals surface area contributed by atoms with Crippen LogP contribution in [0.25, 0.3) is 0 Å². The quantitative estimate of drug-likeness (QED) is 0.385. The summed E-state index contributed by atoms with van der Waals surface area (Å²) in [5.74, 6) is 0.677. The number of carbonyl (C=O) groups excluding carboxylic acids is 1. The number of likely N-dealkylation sites (N-methyl/N-ethyl adjacent to an activating group) is 1. The molecule has 0 saturated heterocycles. The average molecular weight is 492 g/mol. The van der Waals surface area contributed by atoms with Crippen LogP contribution in [0.3, 0.4) is 0 Å². The summed E-state index contributed by atoms with van der Waals surface area (Å²) in [6.07, 6.45) is 0.687. The van der Waals surface area contributed by atoms with Crippen LogP contribution < -0.4 is 15.4 Å². The Kier molecular flexibility index (Phi) is 8.31. The van der Waals surface area contributed by atoms with Gasteiger partial charge in [-0.2, -0.15) is 0 Å². The van der Waals surface area contributed by atoms with Crippen molar-refractivity contribution in [3.8, 4) is 5.75 Å². The van der Waals surface area contributed by atoms with E-state index < -0.39 is 5.60 Å². The van der Waals surface area contributed by atoms with Crippen LogP contribution in [0.5, 0.6) is 5.75 Å². The lowest BCUT2D eigenvalue weighted by atomic mass is 9.89. The molecule has 1 aromatic carbocycles. The highest BCUT2D eigenvalue weighted by atomic mass is 127. The minimum absolute atomic E-state index is 0. The Bertz CT molecular complexity index is 692. The minimum Gasteiger partial charge on any atom is -0.487 e. The fraction of sp³-hybridized carbons (Fsp3) is 0.579. The average Bonchev–Trinajstić information content (AvgIpc) is 2.49. The first kappa shape index (κ1) is 23.5. The molecule has 0 saturated carbocycles. The van der Waals surface area contributed by atoms with E-state index in [4.69, 9.17) is 4.74 Å². The number of benzene rings is 1. The highest BCUT2D eigenvalue weighted by Crippen LogP contribution is 2.39. The van der Waals surface area contributed by atoms with Crippen molar-refractivity contribution >= 4 is 35.8 Å². The molecule has 0 aliphatic carbocycles. The Balaban J connectivity index is 0.00000364. The van der Waals surface area contributed by atoms with Crippen LogP contribution >= 0.6 is 24.0 Å². The van der Waals surface area contributed by atoms with Gasteiger partial charge >= 0.3 is 0 Å². The molecule has 8 heteroatoms. The van der Waals surface area contributed by atoms with Crippen LogP contribution in [0, 0.1) is 5.82 Å². The first-order chi connectivity index (χ1) is 12.1. The second kappa shape index (κ2) is 9.57. The molecule has 1 aromatic rings. The zero-order valence-electron chi connectivity index (χ0n) is 16.8. The van der Waals surface area contributed by atoms with Crippen molar-refractivity contribution in [1.82, 2.24) is 15.5 Å². The van der Waals surface area contributed by atoms with Crippen molar-refractivity contribution in [1.29, 1.82) is 0 Å². The molecule has 1 amide bonds. The van der Waals surface area contributed by atoms with Crippen LogP contribution in [-0.4, -0.2) is 49.0 Å². The second-order valence-corrected chi connectivity index (χ2v) is 7.70. The van der Waals surface area contributed by atoms with Gasteiger partial charge in [0.1, 0.15) is 23.7 Å². The van der Waals surface area contributed by atoms with Gasteiger partial charge in [-0.05, 0) is 33.8 Å². The number of rotatable bonds is 4. The zero-order valence-corrected chi connectivity index (χ0v) is 19.1. The number of fused-ring (bicyclic) bond motifs is 1. The second-order valence-electron chi connectivity index (χ2n) is 7.70. The molecule has 0 bridgehead atoms. The maximum Gasteiger partial charge on any atom is 0.243 e.